The predicted molar refractivity (Wildman–Crippen MR) is 132 cm³/mol. The number of phenols is 1. The van der Waals surface area contributed by atoms with Crippen LogP contribution in [0.15, 0.2) is 69.9 Å². The van der Waals surface area contributed by atoms with Crippen molar-refractivity contribution < 1.29 is 23.8 Å². The second-order valence-electron chi connectivity index (χ2n) is 8.25. The zero-order valence-corrected chi connectivity index (χ0v) is 19.8. The summed E-state index contributed by atoms with van der Waals surface area (Å²) in [5.74, 6) is 0.953. The van der Waals surface area contributed by atoms with Crippen molar-refractivity contribution in [2.24, 2.45) is 0 Å². The molecule has 1 aromatic heterocycles. The molecule has 5 rings (SSSR count). The first-order chi connectivity index (χ1) is 16.9. The van der Waals surface area contributed by atoms with E-state index in [1.165, 1.54) is 12.1 Å². The van der Waals surface area contributed by atoms with Crippen LogP contribution >= 0.6 is 11.6 Å². The highest BCUT2D eigenvalue weighted by Crippen LogP contribution is 2.39. The van der Waals surface area contributed by atoms with E-state index in [0.717, 1.165) is 5.56 Å². The lowest BCUT2D eigenvalue weighted by Gasteiger charge is -2.25. The van der Waals surface area contributed by atoms with E-state index in [0.29, 0.717) is 46.0 Å². The molecule has 35 heavy (non-hydrogen) atoms. The molecule has 2 heterocycles. The third kappa shape index (κ3) is 3.98. The average molecular weight is 492 g/mol. The number of carbonyl (C=O) groups excluding carboxylic acids is 1. The molecule has 0 spiro atoms. The predicted octanol–water partition coefficient (Wildman–Crippen LogP) is 4.96. The van der Waals surface area contributed by atoms with Gasteiger partial charge in [-0.05, 0) is 60.0 Å². The van der Waals surface area contributed by atoms with Crippen LogP contribution in [0.2, 0.25) is 5.02 Å². The Labute approximate surface area is 206 Å². The molecule has 7 nitrogen and oxygen atoms in total. The van der Waals surface area contributed by atoms with Crippen LogP contribution in [0.3, 0.4) is 0 Å². The standard InChI is InChI=1S/C27H22ClNO6/c1-33-21-9-3-15(13-22(21)34-2)11-12-29-24(16-4-7-18(30)8-5-16)23-25(31)19-14-17(28)6-10-20(19)35-26(23)27(29)32/h3-10,13-14,24,30H,11-12H2,1-2H3/t24-/m1/s1. The normalized spacial score (nSPS) is 14.9. The Hall–Kier alpha value is -3.97. The molecule has 8 heteroatoms. The number of methoxy groups -OCH3 is 2. The monoisotopic (exact) mass is 491 g/mol. The van der Waals surface area contributed by atoms with Gasteiger partial charge in [-0.3, -0.25) is 9.59 Å². The Kier molecular flexibility index (Phi) is 5.86. The first-order valence-corrected chi connectivity index (χ1v) is 11.4. The minimum atomic E-state index is -0.669. The van der Waals surface area contributed by atoms with E-state index in [9.17, 15) is 14.7 Å². The van der Waals surface area contributed by atoms with Crippen molar-refractivity contribution in [3.8, 4) is 17.2 Å². The third-order valence-corrected chi connectivity index (χ3v) is 6.46. The fourth-order valence-corrected chi connectivity index (χ4v) is 4.68. The number of benzene rings is 3. The highest BCUT2D eigenvalue weighted by molar-refractivity contribution is 6.31. The highest BCUT2D eigenvalue weighted by Gasteiger charge is 2.42. The number of nitrogens with zero attached hydrogens (tertiary/aromatic N) is 1. The first-order valence-electron chi connectivity index (χ1n) is 11.0. The minimum absolute atomic E-state index is 0.0233. The molecule has 1 N–H and O–H groups in total. The Morgan fingerprint density at radius 3 is 2.43 bits per heavy atom. The van der Waals surface area contributed by atoms with Crippen molar-refractivity contribution in [2.45, 2.75) is 12.5 Å². The molecule has 0 fully saturated rings. The van der Waals surface area contributed by atoms with Crippen molar-refractivity contribution >= 4 is 28.5 Å². The van der Waals surface area contributed by atoms with Gasteiger partial charge in [0.1, 0.15) is 11.3 Å². The molecule has 4 aromatic rings. The molecule has 0 radical (unpaired) electrons. The molecule has 3 aromatic carbocycles. The largest absolute Gasteiger partial charge is 0.508 e. The van der Waals surface area contributed by atoms with E-state index in [4.69, 9.17) is 25.5 Å². The van der Waals surface area contributed by atoms with Crippen LogP contribution in [0.1, 0.15) is 33.3 Å². The fraction of sp³-hybridized carbons (Fsp3) is 0.185. The molecule has 178 valence electrons. The van der Waals surface area contributed by atoms with Gasteiger partial charge in [-0.1, -0.05) is 29.8 Å². The summed E-state index contributed by atoms with van der Waals surface area (Å²) >= 11 is 6.13. The summed E-state index contributed by atoms with van der Waals surface area (Å²) in [6, 6.07) is 16.1. The van der Waals surface area contributed by atoms with Crippen molar-refractivity contribution in [3.63, 3.8) is 0 Å². The highest BCUT2D eigenvalue weighted by atomic mass is 35.5. The van der Waals surface area contributed by atoms with Crippen molar-refractivity contribution in [1.29, 1.82) is 0 Å². The van der Waals surface area contributed by atoms with Crippen LogP contribution in [0.5, 0.6) is 17.2 Å². The number of carbonyl (C=O) groups is 1. The molecular weight excluding hydrogens is 470 g/mol. The van der Waals surface area contributed by atoms with Gasteiger partial charge in [-0.25, -0.2) is 0 Å². The molecule has 1 aliphatic heterocycles. The average Bonchev–Trinajstić information content (AvgIpc) is 3.15. The summed E-state index contributed by atoms with van der Waals surface area (Å²) in [6.07, 6.45) is 0.508. The molecule has 0 unspecified atom stereocenters. The quantitative estimate of drug-likeness (QED) is 0.410. The Morgan fingerprint density at radius 1 is 0.971 bits per heavy atom. The number of fused-ring (bicyclic) bond motifs is 2. The SMILES string of the molecule is COc1ccc(CCN2C(=O)c3oc4ccc(Cl)cc4c(=O)c3[C@H]2c2ccc(O)cc2)cc1OC. The number of phenolic OH excluding ortho intramolecular Hbond substituents is 1. The van der Waals surface area contributed by atoms with Crippen molar-refractivity contribution in [1.82, 2.24) is 4.90 Å². The Balaban J connectivity index is 1.58. The number of hydrogen-bond acceptors (Lipinski definition) is 6. The number of ether oxygens (including phenoxy) is 2. The fourth-order valence-electron chi connectivity index (χ4n) is 4.51. The van der Waals surface area contributed by atoms with E-state index in [1.54, 1.807) is 49.5 Å². The van der Waals surface area contributed by atoms with Crippen LogP contribution < -0.4 is 14.9 Å². The molecule has 1 aliphatic rings. The lowest BCUT2D eigenvalue weighted by atomic mass is 9.98. The van der Waals surface area contributed by atoms with E-state index in [2.05, 4.69) is 0 Å². The minimum Gasteiger partial charge on any atom is -0.508 e. The molecule has 0 saturated heterocycles. The summed E-state index contributed by atoms with van der Waals surface area (Å²) in [4.78, 5) is 28.7. The van der Waals surface area contributed by atoms with Gasteiger partial charge in [0, 0.05) is 11.6 Å². The molecule has 0 bridgehead atoms. The van der Waals surface area contributed by atoms with Crippen LogP contribution in [-0.4, -0.2) is 36.7 Å². The maximum atomic E-state index is 13.6. The summed E-state index contributed by atoms with van der Waals surface area (Å²) in [5.41, 5.74) is 1.90. The van der Waals surface area contributed by atoms with Crippen molar-refractivity contribution in [3.05, 3.63) is 98.4 Å². The third-order valence-electron chi connectivity index (χ3n) is 6.23. The van der Waals surface area contributed by atoms with Crippen LogP contribution in [0.25, 0.3) is 11.0 Å². The maximum absolute atomic E-state index is 13.6. The molecule has 1 atom stereocenters. The Morgan fingerprint density at radius 2 is 1.71 bits per heavy atom. The lowest BCUT2D eigenvalue weighted by molar-refractivity contribution is 0.0730. The summed E-state index contributed by atoms with van der Waals surface area (Å²) in [5, 5.41) is 10.5. The van der Waals surface area contributed by atoms with Crippen LogP contribution in [0.4, 0.5) is 0 Å². The van der Waals surface area contributed by atoms with Gasteiger partial charge < -0.3 is 23.9 Å². The van der Waals surface area contributed by atoms with Crippen molar-refractivity contribution in [2.75, 3.05) is 20.8 Å². The van der Waals surface area contributed by atoms with Gasteiger partial charge >= 0.3 is 0 Å². The number of amides is 1. The zero-order valence-electron chi connectivity index (χ0n) is 19.1. The summed E-state index contributed by atoms with van der Waals surface area (Å²) in [6.45, 7) is 0.320. The molecule has 1 amide bonds. The Bertz CT molecular complexity index is 1490. The topological polar surface area (TPSA) is 89.2 Å². The summed E-state index contributed by atoms with van der Waals surface area (Å²) < 4.78 is 16.6. The van der Waals surface area contributed by atoms with Crippen LogP contribution in [0, 0.1) is 0 Å². The first kappa shape index (κ1) is 22.8. The van der Waals surface area contributed by atoms with E-state index < -0.39 is 6.04 Å². The van der Waals surface area contributed by atoms with Gasteiger partial charge in [-0.15, -0.1) is 0 Å². The van der Waals surface area contributed by atoms with Crippen LogP contribution in [-0.2, 0) is 6.42 Å². The number of aromatic hydroxyl groups is 1. The molecular formula is C27H22ClNO6. The smallest absolute Gasteiger partial charge is 0.290 e. The zero-order chi connectivity index (χ0) is 24.7. The van der Waals surface area contributed by atoms with Gasteiger partial charge in [0.15, 0.2) is 16.9 Å². The molecule has 0 aliphatic carbocycles. The van der Waals surface area contributed by atoms with Gasteiger partial charge in [0.2, 0.25) is 5.76 Å². The molecule has 0 saturated carbocycles. The lowest BCUT2D eigenvalue weighted by Crippen LogP contribution is -2.31. The van der Waals surface area contributed by atoms with E-state index in [1.807, 2.05) is 18.2 Å². The van der Waals surface area contributed by atoms with Gasteiger partial charge in [-0.2, -0.15) is 0 Å². The summed E-state index contributed by atoms with van der Waals surface area (Å²) in [7, 11) is 3.14. The second kappa shape index (κ2) is 9.00. The maximum Gasteiger partial charge on any atom is 0.290 e. The van der Waals surface area contributed by atoms with Gasteiger partial charge in [0.25, 0.3) is 5.91 Å². The number of halogens is 1. The van der Waals surface area contributed by atoms with Gasteiger partial charge in [0.05, 0.1) is 31.2 Å². The number of rotatable bonds is 6. The van der Waals surface area contributed by atoms with E-state index >= 15 is 0 Å². The number of hydrogen-bond donors (Lipinski definition) is 1. The van der Waals surface area contributed by atoms with E-state index in [-0.39, 0.29) is 28.4 Å². The second-order valence-corrected chi connectivity index (χ2v) is 8.68.